The van der Waals surface area contributed by atoms with Crippen molar-refractivity contribution in [3.8, 4) is 11.5 Å². The molecule has 3 nitrogen and oxygen atoms in total. The number of nitrogens with one attached hydrogen (secondary N) is 1. The SMILES string of the molecule is O=C(CCCSc1ccc(Cl)cc1)Nc1ccccc1Oc1ccccc1. The minimum atomic E-state index is -0.0178. The van der Waals surface area contributed by atoms with E-state index in [9.17, 15) is 4.79 Å². The van der Waals surface area contributed by atoms with Crippen molar-refractivity contribution in [1.82, 2.24) is 0 Å². The molecule has 0 unspecified atom stereocenters. The van der Waals surface area contributed by atoms with Crippen LogP contribution in [0.4, 0.5) is 5.69 Å². The van der Waals surface area contributed by atoms with E-state index in [1.54, 1.807) is 11.8 Å². The molecule has 0 aliphatic carbocycles. The molecule has 3 rings (SSSR count). The largest absolute Gasteiger partial charge is 0.455 e. The van der Waals surface area contributed by atoms with Gasteiger partial charge in [-0.1, -0.05) is 41.9 Å². The first-order valence-electron chi connectivity index (χ1n) is 8.71. The van der Waals surface area contributed by atoms with E-state index in [0.717, 1.165) is 27.8 Å². The Bertz CT molecular complexity index is 869. The molecule has 3 aromatic carbocycles. The predicted octanol–water partition coefficient (Wildman–Crippen LogP) is 6.64. The van der Waals surface area contributed by atoms with Crippen LogP contribution in [-0.2, 0) is 4.79 Å². The molecule has 0 atom stereocenters. The van der Waals surface area contributed by atoms with Gasteiger partial charge in [-0.25, -0.2) is 0 Å². The summed E-state index contributed by atoms with van der Waals surface area (Å²) in [6, 6.07) is 24.7. The van der Waals surface area contributed by atoms with Crippen LogP contribution in [0, 0.1) is 0 Å². The molecule has 1 N–H and O–H groups in total. The van der Waals surface area contributed by atoms with E-state index in [1.807, 2.05) is 78.9 Å². The van der Waals surface area contributed by atoms with E-state index >= 15 is 0 Å². The van der Waals surface area contributed by atoms with Gasteiger partial charge in [-0.3, -0.25) is 4.79 Å². The summed E-state index contributed by atoms with van der Waals surface area (Å²) in [6.45, 7) is 0. The number of amides is 1. The molecule has 138 valence electrons. The molecule has 0 saturated carbocycles. The quantitative estimate of drug-likeness (QED) is 0.342. The highest BCUT2D eigenvalue weighted by Gasteiger charge is 2.08. The van der Waals surface area contributed by atoms with Crippen LogP contribution in [-0.4, -0.2) is 11.7 Å². The van der Waals surface area contributed by atoms with Crippen LogP contribution < -0.4 is 10.1 Å². The lowest BCUT2D eigenvalue weighted by Gasteiger charge is -2.12. The fraction of sp³-hybridized carbons (Fsp3) is 0.136. The van der Waals surface area contributed by atoms with E-state index in [-0.39, 0.29) is 5.91 Å². The Morgan fingerprint density at radius 2 is 1.63 bits per heavy atom. The molecule has 0 bridgehead atoms. The number of anilines is 1. The zero-order chi connectivity index (χ0) is 18.9. The van der Waals surface area contributed by atoms with Crippen molar-refractivity contribution >= 4 is 35.0 Å². The van der Waals surface area contributed by atoms with E-state index < -0.39 is 0 Å². The first kappa shape index (κ1) is 19.3. The molecule has 0 fully saturated rings. The summed E-state index contributed by atoms with van der Waals surface area (Å²) in [7, 11) is 0. The van der Waals surface area contributed by atoms with Crippen LogP contribution >= 0.6 is 23.4 Å². The maximum absolute atomic E-state index is 12.3. The Balaban J connectivity index is 1.48. The summed E-state index contributed by atoms with van der Waals surface area (Å²) in [5, 5.41) is 3.68. The van der Waals surface area contributed by atoms with Crippen molar-refractivity contribution in [3.63, 3.8) is 0 Å². The number of halogens is 1. The fourth-order valence-electron chi connectivity index (χ4n) is 2.44. The molecule has 1 amide bonds. The number of para-hydroxylation sites is 3. The minimum absolute atomic E-state index is 0.0178. The molecule has 0 aromatic heterocycles. The summed E-state index contributed by atoms with van der Waals surface area (Å²) >= 11 is 7.60. The van der Waals surface area contributed by atoms with Crippen LogP contribution in [0.25, 0.3) is 0 Å². The van der Waals surface area contributed by atoms with Crippen LogP contribution in [0.1, 0.15) is 12.8 Å². The lowest BCUT2D eigenvalue weighted by atomic mass is 10.2. The van der Waals surface area contributed by atoms with Gasteiger partial charge in [0.1, 0.15) is 5.75 Å². The standard InChI is InChI=1S/C22H20ClNO2S/c23-17-12-14-19(15-13-17)27-16-6-11-22(25)24-20-9-4-5-10-21(20)26-18-7-2-1-3-8-18/h1-5,7-10,12-15H,6,11,16H2,(H,24,25). The van der Waals surface area contributed by atoms with Gasteiger partial charge >= 0.3 is 0 Å². The highest BCUT2D eigenvalue weighted by atomic mass is 35.5. The third kappa shape index (κ3) is 6.35. The zero-order valence-electron chi connectivity index (χ0n) is 14.7. The molecular weight excluding hydrogens is 378 g/mol. The second-order valence-corrected chi connectivity index (χ2v) is 7.47. The molecular formula is C22H20ClNO2S. The van der Waals surface area contributed by atoms with Gasteiger partial charge in [0, 0.05) is 16.3 Å². The van der Waals surface area contributed by atoms with Crippen molar-refractivity contribution in [2.45, 2.75) is 17.7 Å². The van der Waals surface area contributed by atoms with Crippen LogP contribution in [0.2, 0.25) is 5.02 Å². The Kier molecular flexibility index (Phi) is 7.19. The average molecular weight is 398 g/mol. The smallest absolute Gasteiger partial charge is 0.224 e. The van der Waals surface area contributed by atoms with Gasteiger partial charge in [0.2, 0.25) is 5.91 Å². The summed E-state index contributed by atoms with van der Waals surface area (Å²) in [5.41, 5.74) is 0.678. The van der Waals surface area contributed by atoms with Gasteiger partial charge in [-0.05, 0) is 60.7 Å². The van der Waals surface area contributed by atoms with Crippen molar-refractivity contribution in [2.75, 3.05) is 11.1 Å². The Morgan fingerprint density at radius 1 is 0.926 bits per heavy atom. The molecule has 0 saturated heterocycles. The number of carbonyl (C=O) groups excluding carboxylic acids is 1. The number of benzene rings is 3. The zero-order valence-corrected chi connectivity index (χ0v) is 16.3. The lowest BCUT2D eigenvalue weighted by Crippen LogP contribution is -2.12. The first-order chi connectivity index (χ1) is 13.2. The highest BCUT2D eigenvalue weighted by Crippen LogP contribution is 2.29. The van der Waals surface area contributed by atoms with Gasteiger partial charge in [0.15, 0.2) is 5.75 Å². The summed E-state index contributed by atoms with van der Waals surface area (Å²) in [6.07, 6.45) is 1.25. The van der Waals surface area contributed by atoms with Crippen molar-refractivity contribution in [2.24, 2.45) is 0 Å². The summed E-state index contributed by atoms with van der Waals surface area (Å²) in [5.74, 6) is 2.22. The van der Waals surface area contributed by atoms with Crippen molar-refractivity contribution in [3.05, 3.63) is 83.9 Å². The summed E-state index contributed by atoms with van der Waals surface area (Å²) < 4.78 is 5.87. The Labute approximate surface area is 168 Å². The topological polar surface area (TPSA) is 38.3 Å². The highest BCUT2D eigenvalue weighted by molar-refractivity contribution is 7.99. The average Bonchev–Trinajstić information content (AvgIpc) is 2.69. The summed E-state index contributed by atoms with van der Waals surface area (Å²) in [4.78, 5) is 13.4. The van der Waals surface area contributed by atoms with Crippen LogP contribution in [0.15, 0.2) is 83.8 Å². The van der Waals surface area contributed by atoms with Gasteiger partial charge in [-0.2, -0.15) is 0 Å². The lowest BCUT2D eigenvalue weighted by molar-refractivity contribution is -0.116. The van der Waals surface area contributed by atoms with Gasteiger partial charge in [-0.15, -0.1) is 11.8 Å². The monoisotopic (exact) mass is 397 g/mol. The van der Waals surface area contributed by atoms with Crippen molar-refractivity contribution < 1.29 is 9.53 Å². The number of thioether (sulfide) groups is 1. The van der Waals surface area contributed by atoms with E-state index in [0.29, 0.717) is 17.9 Å². The molecule has 0 radical (unpaired) electrons. The number of rotatable bonds is 8. The van der Waals surface area contributed by atoms with E-state index in [2.05, 4.69) is 5.32 Å². The molecule has 27 heavy (non-hydrogen) atoms. The predicted molar refractivity (Wildman–Crippen MR) is 113 cm³/mol. The van der Waals surface area contributed by atoms with Crippen LogP contribution in [0.5, 0.6) is 11.5 Å². The van der Waals surface area contributed by atoms with Gasteiger partial charge in [0.05, 0.1) is 5.69 Å². The third-order valence-electron chi connectivity index (χ3n) is 3.76. The molecule has 3 aromatic rings. The van der Waals surface area contributed by atoms with E-state index in [4.69, 9.17) is 16.3 Å². The first-order valence-corrected chi connectivity index (χ1v) is 10.1. The third-order valence-corrected chi connectivity index (χ3v) is 5.11. The molecule has 0 aliphatic heterocycles. The second-order valence-electron chi connectivity index (χ2n) is 5.87. The van der Waals surface area contributed by atoms with Gasteiger partial charge < -0.3 is 10.1 Å². The molecule has 5 heteroatoms. The second kappa shape index (κ2) is 10.0. The minimum Gasteiger partial charge on any atom is -0.455 e. The van der Waals surface area contributed by atoms with Crippen LogP contribution in [0.3, 0.4) is 0 Å². The number of ether oxygens (including phenoxy) is 1. The van der Waals surface area contributed by atoms with Gasteiger partial charge in [0.25, 0.3) is 0 Å². The molecule has 0 aliphatic rings. The maximum atomic E-state index is 12.3. The Morgan fingerprint density at radius 3 is 2.41 bits per heavy atom. The molecule has 0 heterocycles. The van der Waals surface area contributed by atoms with Crippen molar-refractivity contribution in [1.29, 1.82) is 0 Å². The number of carbonyl (C=O) groups is 1. The fourth-order valence-corrected chi connectivity index (χ4v) is 3.42. The number of hydrogen-bond donors (Lipinski definition) is 1. The normalized spacial score (nSPS) is 10.4. The Hall–Kier alpha value is -2.43. The number of hydrogen-bond acceptors (Lipinski definition) is 3. The maximum Gasteiger partial charge on any atom is 0.224 e. The molecule has 0 spiro atoms. The van der Waals surface area contributed by atoms with E-state index in [1.165, 1.54) is 0 Å².